The predicted octanol–water partition coefficient (Wildman–Crippen LogP) is 4.36. The average molecular weight is 509 g/mol. The van der Waals surface area contributed by atoms with Gasteiger partial charge in [-0.2, -0.15) is 13.2 Å². The van der Waals surface area contributed by atoms with Crippen LogP contribution >= 0.6 is 0 Å². The number of likely N-dealkylation sites (tertiary alicyclic amines) is 1. The molecule has 1 unspecified atom stereocenters. The molecule has 190 valence electrons. The van der Waals surface area contributed by atoms with E-state index in [1.807, 2.05) is 19.1 Å². The van der Waals surface area contributed by atoms with E-state index in [0.717, 1.165) is 49.1 Å². The van der Waals surface area contributed by atoms with Gasteiger partial charge in [0.1, 0.15) is 11.5 Å². The van der Waals surface area contributed by atoms with Gasteiger partial charge in [0, 0.05) is 37.6 Å². The Morgan fingerprint density at radius 1 is 1.16 bits per heavy atom. The molecule has 9 nitrogen and oxygen atoms in total. The quantitative estimate of drug-likeness (QED) is 0.412. The lowest BCUT2D eigenvalue weighted by Crippen LogP contribution is -2.14. The summed E-state index contributed by atoms with van der Waals surface area (Å²) in [6.07, 6.45) is 4.42. The van der Waals surface area contributed by atoms with E-state index in [9.17, 15) is 18.0 Å². The van der Waals surface area contributed by atoms with Crippen LogP contribution in [0.15, 0.2) is 61.2 Å². The molecule has 5 rings (SSSR count). The third kappa shape index (κ3) is 4.82. The highest BCUT2D eigenvalue weighted by atomic mass is 19.4. The maximum absolute atomic E-state index is 13.0. The van der Waals surface area contributed by atoms with Crippen LogP contribution < -0.4 is 11.1 Å². The number of imidazole rings is 1. The summed E-state index contributed by atoms with van der Waals surface area (Å²) >= 11 is 0. The van der Waals surface area contributed by atoms with Crippen LogP contribution in [0, 0.1) is 0 Å². The monoisotopic (exact) mass is 508 g/mol. The molecule has 1 saturated heterocycles. The Labute approximate surface area is 209 Å². The van der Waals surface area contributed by atoms with Crippen molar-refractivity contribution in [3.63, 3.8) is 0 Å². The van der Waals surface area contributed by atoms with Gasteiger partial charge in [-0.3, -0.25) is 14.2 Å². The number of halogens is 3. The molecule has 37 heavy (non-hydrogen) atoms. The van der Waals surface area contributed by atoms with Gasteiger partial charge in [-0.25, -0.2) is 15.0 Å². The zero-order valence-electron chi connectivity index (χ0n) is 19.8. The largest absolute Gasteiger partial charge is 0.416 e. The molecule has 5 heterocycles. The van der Waals surface area contributed by atoms with Crippen LogP contribution in [0.4, 0.5) is 24.9 Å². The second-order valence-electron chi connectivity index (χ2n) is 8.62. The number of carbonyl (C=O) groups is 1. The van der Waals surface area contributed by atoms with E-state index >= 15 is 0 Å². The number of anilines is 2. The van der Waals surface area contributed by atoms with Crippen molar-refractivity contribution in [3.8, 4) is 11.5 Å². The number of hydrogen-bond donors (Lipinski definition) is 2. The highest BCUT2D eigenvalue weighted by molar-refractivity contribution is 6.03. The minimum atomic E-state index is -4.54. The Bertz CT molecular complexity index is 1480. The summed E-state index contributed by atoms with van der Waals surface area (Å²) in [7, 11) is 0. The second-order valence-corrected chi connectivity index (χ2v) is 8.62. The van der Waals surface area contributed by atoms with Crippen molar-refractivity contribution in [2.24, 2.45) is 0 Å². The first kappa shape index (κ1) is 24.2. The number of hydrogen-bond acceptors (Lipinski definition) is 7. The topological polar surface area (TPSA) is 114 Å². The van der Waals surface area contributed by atoms with Gasteiger partial charge in [0.05, 0.1) is 22.3 Å². The second kappa shape index (κ2) is 9.52. The third-order valence-electron chi connectivity index (χ3n) is 6.16. The summed E-state index contributed by atoms with van der Waals surface area (Å²) in [5.41, 5.74) is 7.65. The molecule has 1 atom stereocenters. The average Bonchev–Trinajstić information content (AvgIpc) is 3.49. The van der Waals surface area contributed by atoms with Crippen LogP contribution in [-0.2, 0) is 6.18 Å². The number of nitrogen functional groups attached to an aromatic ring is 1. The molecular formula is C25H23F3N8O. The summed E-state index contributed by atoms with van der Waals surface area (Å²) in [6.45, 7) is 3.73. The van der Waals surface area contributed by atoms with E-state index in [4.69, 9.17) is 10.7 Å². The van der Waals surface area contributed by atoms with Crippen molar-refractivity contribution in [2.45, 2.75) is 25.4 Å². The van der Waals surface area contributed by atoms with Crippen LogP contribution in [0.5, 0.6) is 0 Å². The molecule has 0 radical (unpaired) electrons. The van der Waals surface area contributed by atoms with Crippen LogP contribution in [0.3, 0.4) is 0 Å². The number of nitrogens with zero attached hydrogens (tertiary/aromatic N) is 6. The van der Waals surface area contributed by atoms with E-state index in [-0.39, 0.29) is 23.2 Å². The first-order valence-corrected chi connectivity index (χ1v) is 11.6. The Hall–Kier alpha value is -4.48. The maximum atomic E-state index is 13.0. The Morgan fingerprint density at radius 3 is 2.70 bits per heavy atom. The number of nitrogens with one attached hydrogen (secondary N) is 1. The van der Waals surface area contributed by atoms with Gasteiger partial charge in [-0.15, -0.1) is 0 Å². The van der Waals surface area contributed by atoms with Gasteiger partial charge < -0.3 is 16.0 Å². The van der Waals surface area contributed by atoms with E-state index in [1.54, 1.807) is 16.7 Å². The van der Waals surface area contributed by atoms with Crippen LogP contribution in [0.1, 0.15) is 40.9 Å². The van der Waals surface area contributed by atoms with Gasteiger partial charge in [0.15, 0.2) is 5.82 Å². The molecule has 0 aliphatic carbocycles. The number of fused-ring (bicyclic) bond motifs is 1. The molecule has 12 heteroatoms. The number of rotatable bonds is 5. The molecule has 3 N–H and O–H groups in total. The van der Waals surface area contributed by atoms with Gasteiger partial charge in [-0.05, 0) is 49.9 Å². The number of alkyl halides is 3. The number of nitrogens with two attached hydrogens (primary N) is 1. The fourth-order valence-electron chi connectivity index (χ4n) is 4.44. The minimum absolute atomic E-state index is 0.146. The van der Waals surface area contributed by atoms with E-state index < -0.39 is 17.6 Å². The summed E-state index contributed by atoms with van der Waals surface area (Å²) in [5, 5.41) is 2.37. The highest BCUT2D eigenvalue weighted by Gasteiger charge is 2.31. The van der Waals surface area contributed by atoms with E-state index in [2.05, 4.69) is 31.4 Å². The summed E-state index contributed by atoms with van der Waals surface area (Å²) in [5.74, 6) is 0.0954. The van der Waals surface area contributed by atoms with Crippen LogP contribution in [0.25, 0.3) is 17.0 Å². The molecular weight excluding hydrogens is 485 g/mol. The number of carbonyl (C=O) groups excluding carboxylic acids is 1. The first-order chi connectivity index (χ1) is 17.7. The molecule has 1 amide bonds. The fraction of sp³-hybridized carbons (Fsp3) is 0.240. The maximum Gasteiger partial charge on any atom is 0.416 e. The lowest BCUT2D eigenvalue weighted by atomic mass is 10.0. The molecule has 4 aromatic heterocycles. The Balaban J connectivity index is 1.42. The van der Waals surface area contributed by atoms with E-state index in [1.165, 1.54) is 12.3 Å². The van der Waals surface area contributed by atoms with Crippen molar-refractivity contribution < 1.29 is 18.0 Å². The Morgan fingerprint density at radius 2 is 1.97 bits per heavy atom. The number of pyridine rings is 2. The SMILES string of the molecule is CC=CN1CCC(c2nc(-c3ccc(C(=O)Nc4cc(C(F)(F)F)ccn4)cn3)n3c(N)nccc23)C1. The third-order valence-corrected chi connectivity index (χ3v) is 6.16. The smallest absolute Gasteiger partial charge is 0.377 e. The normalized spacial score (nSPS) is 16.1. The number of amides is 1. The van der Waals surface area contributed by atoms with Crippen molar-refractivity contribution in [1.82, 2.24) is 29.2 Å². The standard InChI is InChI=1S/C25H23F3N8O/c1-2-10-35-11-7-16(14-35)21-19-6-9-31-24(29)36(19)22(34-21)18-4-3-15(13-32-18)23(37)33-20-12-17(5-8-30-20)25(26,27)28/h2-6,8-10,12-13,16H,7,11,14H2,1H3,(H2,29,31)(H,30,33,37). The van der Waals surface area contributed by atoms with Crippen LogP contribution in [-0.4, -0.2) is 48.2 Å². The fourth-order valence-corrected chi connectivity index (χ4v) is 4.44. The zero-order chi connectivity index (χ0) is 26.2. The summed E-state index contributed by atoms with van der Waals surface area (Å²) < 4.78 is 40.6. The Kier molecular flexibility index (Phi) is 6.24. The summed E-state index contributed by atoms with van der Waals surface area (Å²) in [4.78, 5) is 32.1. The van der Waals surface area contributed by atoms with E-state index in [0.29, 0.717) is 11.5 Å². The molecule has 0 spiro atoms. The molecule has 0 saturated carbocycles. The van der Waals surface area contributed by atoms with Crippen molar-refractivity contribution in [3.05, 3.63) is 78.0 Å². The summed E-state index contributed by atoms with van der Waals surface area (Å²) in [6, 6.07) is 6.60. The molecule has 0 bridgehead atoms. The molecule has 1 aliphatic rings. The van der Waals surface area contributed by atoms with Crippen molar-refractivity contribution in [2.75, 3.05) is 24.1 Å². The molecule has 4 aromatic rings. The lowest BCUT2D eigenvalue weighted by Gasteiger charge is -2.12. The van der Waals surface area contributed by atoms with Gasteiger partial charge >= 0.3 is 6.18 Å². The molecule has 0 aromatic carbocycles. The van der Waals surface area contributed by atoms with Crippen LogP contribution in [0.2, 0.25) is 0 Å². The first-order valence-electron chi connectivity index (χ1n) is 11.6. The minimum Gasteiger partial charge on any atom is -0.377 e. The number of aromatic nitrogens is 5. The predicted molar refractivity (Wildman–Crippen MR) is 132 cm³/mol. The number of allylic oxidation sites excluding steroid dienone is 1. The highest BCUT2D eigenvalue weighted by Crippen LogP contribution is 2.33. The van der Waals surface area contributed by atoms with Crippen molar-refractivity contribution >= 4 is 23.2 Å². The zero-order valence-corrected chi connectivity index (χ0v) is 19.8. The lowest BCUT2D eigenvalue weighted by molar-refractivity contribution is -0.137. The van der Waals surface area contributed by atoms with Crippen molar-refractivity contribution in [1.29, 1.82) is 0 Å². The molecule has 1 aliphatic heterocycles. The van der Waals surface area contributed by atoms with Gasteiger partial charge in [-0.1, -0.05) is 6.08 Å². The molecule has 1 fully saturated rings. The van der Waals surface area contributed by atoms with Gasteiger partial charge in [0.2, 0.25) is 5.95 Å². The van der Waals surface area contributed by atoms with Gasteiger partial charge in [0.25, 0.3) is 5.91 Å².